The fraction of sp³-hybridized carbons (Fsp3) is 0.579. The standard InChI is InChI=1S/C19H26N2/c1-20-12-11-19(9-10-19)8-7-15-13-17-16(14-5-6-14)3-2-4-18(17)21-15/h2-4,13-14,20-21H,5-12H2,1H3. The molecule has 2 N–H and O–H groups in total. The number of rotatable bonds is 7. The number of hydrogen-bond acceptors (Lipinski definition) is 1. The van der Waals surface area contributed by atoms with Crippen molar-refractivity contribution >= 4 is 10.9 Å². The van der Waals surface area contributed by atoms with Gasteiger partial charge in [-0.25, -0.2) is 0 Å². The van der Waals surface area contributed by atoms with E-state index in [0.29, 0.717) is 5.41 Å². The first-order valence-corrected chi connectivity index (χ1v) is 8.55. The Morgan fingerprint density at radius 2 is 2.10 bits per heavy atom. The second-order valence-electron chi connectivity index (χ2n) is 7.23. The molecule has 1 heterocycles. The second-order valence-corrected chi connectivity index (χ2v) is 7.23. The fourth-order valence-electron chi connectivity index (χ4n) is 3.71. The zero-order chi connectivity index (χ0) is 14.3. The van der Waals surface area contributed by atoms with Crippen molar-refractivity contribution < 1.29 is 0 Å². The minimum Gasteiger partial charge on any atom is -0.358 e. The lowest BCUT2D eigenvalue weighted by Crippen LogP contribution is -2.14. The van der Waals surface area contributed by atoms with Crippen LogP contribution in [0.2, 0.25) is 0 Å². The Hall–Kier alpha value is -1.28. The Balaban J connectivity index is 1.48. The Labute approximate surface area is 127 Å². The predicted octanol–water partition coefficient (Wildman–Crippen LogP) is 4.37. The highest BCUT2D eigenvalue weighted by Gasteiger charge is 2.41. The largest absolute Gasteiger partial charge is 0.358 e. The average molecular weight is 282 g/mol. The maximum atomic E-state index is 3.66. The quantitative estimate of drug-likeness (QED) is 0.775. The molecule has 2 fully saturated rings. The van der Waals surface area contributed by atoms with Gasteiger partial charge in [-0.3, -0.25) is 0 Å². The number of fused-ring (bicyclic) bond motifs is 1. The molecule has 2 aliphatic rings. The van der Waals surface area contributed by atoms with Gasteiger partial charge in [-0.1, -0.05) is 12.1 Å². The summed E-state index contributed by atoms with van der Waals surface area (Å²) in [5, 5.41) is 4.78. The molecule has 112 valence electrons. The molecular formula is C19H26N2. The molecule has 2 aromatic rings. The summed E-state index contributed by atoms with van der Waals surface area (Å²) < 4.78 is 0. The van der Waals surface area contributed by atoms with Gasteiger partial charge in [-0.2, -0.15) is 0 Å². The highest BCUT2D eigenvalue weighted by atomic mass is 14.8. The predicted molar refractivity (Wildman–Crippen MR) is 88.8 cm³/mol. The van der Waals surface area contributed by atoms with Gasteiger partial charge >= 0.3 is 0 Å². The third-order valence-corrected chi connectivity index (χ3v) is 5.56. The van der Waals surface area contributed by atoms with E-state index in [0.717, 1.165) is 5.92 Å². The van der Waals surface area contributed by atoms with Crippen LogP contribution in [0, 0.1) is 5.41 Å². The molecule has 0 amide bonds. The van der Waals surface area contributed by atoms with Crippen LogP contribution < -0.4 is 5.32 Å². The lowest BCUT2D eigenvalue weighted by Gasteiger charge is -2.13. The van der Waals surface area contributed by atoms with Crippen molar-refractivity contribution in [3.63, 3.8) is 0 Å². The maximum absolute atomic E-state index is 3.66. The van der Waals surface area contributed by atoms with E-state index in [9.17, 15) is 0 Å². The number of nitrogens with one attached hydrogen (secondary N) is 2. The molecule has 0 bridgehead atoms. The molecule has 2 aliphatic carbocycles. The molecule has 2 nitrogen and oxygen atoms in total. The molecule has 2 heteroatoms. The summed E-state index contributed by atoms with van der Waals surface area (Å²) in [5.41, 5.74) is 5.01. The van der Waals surface area contributed by atoms with E-state index in [1.54, 1.807) is 5.56 Å². The molecule has 0 spiro atoms. The summed E-state index contributed by atoms with van der Waals surface area (Å²) in [5.74, 6) is 0.836. The summed E-state index contributed by atoms with van der Waals surface area (Å²) in [4.78, 5) is 3.66. The van der Waals surface area contributed by atoms with Crippen molar-refractivity contribution in [3.8, 4) is 0 Å². The van der Waals surface area contributed by atoms with Gasteiger partial charge in [0.2, 0.25) is 0 Å². The maximum Gasteiger partial charge on any atom is 0.0458 e. The number of aryl methyl sites for hydroxylation is 1. The van der Waals surface area contributed by atoms with Crippen molar-refractivity contribution in [3.05, 3.63) is 35.5 Å². The van der Waals surface area contributed by atoms with E-state index < -0.39 is 0 Å². The van der Waals surface area contributed by atoms with Crippen LogP contribution in [0.4, 0.5) is 0 Å². The summed E-state index contributed by atoms with van der Waals surface area (Å²) in [6, 6.07) is 9.20. The van der Waals surface area contributed by atoms with Gasteiger partial charge in [-0.15, -0.1) is 0 Å². The van der Waals surface area contributed by atoms with Crippen molar-refractivity contribution in [1.82, 2.24) is 10.3 Å². The van der Waals surface area contributed by atoms with Crippen LogP contribution in [0.3, 0.4) is 0 Å². The van der Waals surface area contributed by atoms with Crippen molar-refractivity contribution in [2.45, 2.75) is 50.9 Å². The van der Waals surface area contributed by atoms with Crippen LogP contribution in [0.25, 0.3) is 10.9 Å². The number of aromatic amines is 1. The van der Waals surface area contributed by atoms with Gasteiger partial charge in [-0.05, 0) is 87.6 Å². The van der Waals surface area contributed by atoms with Gasteiger partial charge in [0.1, 0.15) is 0 Å². The molecule has 4 rings (SSSR count). The highest BCUT2D eigenvalue weighted by molar-refractivity contribution is 5.84. The van der Waals surface area contributed by atoms with E-state index in [1.165, 1.54) is 68.1 Å². The zero-order valence-electron chi connectivity index (χ0n) is 13.0. The SMILES string of the molecule is CNCCC1(CCc2cc3c(C4CC4)cccc3[nH]2)CC1. The first-order chi connectivity index (χ1) is 10.3. The molecule has 2 saturated carbocycles. The van der Waals surface area contributed by atoms with Gasteiger partial charge < -0.3 is 10.3 Å². The summed E-state index contributed by atoms with van der Waals surface area (Å²) in [6.45, 7) is 1.17. The van der Waals surface area contributed by atoms with Crippen LogP contribution in [0.15, 0.2) is 24.3 Å². The minimum absolute atomic E-state index is 0.652. The lowest BCUT2D eigenvalue weighted by molar-refractivity contribution is 0.421. The monoisotopic (exact) mass is 282 g/mol. The molecule has 1 aromatic carbocycles. The highest BCUT2D eigenvalue weighted by Crippen LogP contribution is 2.52. The van der Waals surface area contributed by atoms with Crippen LogP contribution in [0.1, 0.15) is 55.7 Å². The third-order valence-electron chi connectivity index (χ3n) is 5.56. The summed E-state index contributed by atoms with van der Waals surface area (Å²) in [7, 11) is 2.06. The number of hydrogen-bond donors (Lipinski definition) is 2. The van der Waals surface area contributed by atoms with E-state index >= 15 is 0 Å². The number of benzene rings is 1. The molecule has 0 radical (unpaired) electrons. The van der Waals surface area contributed by atoms with Crippen molar-refractivity contribution in [2.75, 3.05) is 13.6 Å². The zero-order valence-corrected chi connectivity index (χ0v) is 13.0. The number of aromatic nitrogens is 1. The Kier molecular flexibility index (Phi) is 3.30. The molecular weight excluding hydrogens is 256 g/mol. The second kappa shape index (κ2) is 5.17. The molecule has 0 aliphatic heterocycles. The Morgan fingerprint density at radius 3 is 2.81 bits per heavy atom. The van der Waals surface area contributed by atoms with E-state index in [2.05, 4.69) is 41.6 Å². The normalized spacial score (nSPS) is 20.0. The topological polar surface area (TPSA) is 27.8 Å². The van der Waals surface area contributed by atoms with E-state index in [4.69, 9.17) is 0 Å². The van der Waals surface area contributed by atoms with Crippen molar-refractivity contribution in [2.24, 2.45) is 5.41 Å². The van der Waals surface area contributed by atoms with E-state index in [-0.39, 0.29) is 0 Å². The molecule has 21 heavy (non-hydrogen) atoms. The van der Waals surface area contributed by atoms with E-state index in [1.807, 2.05) is 0 Å². The van der Waals surface area contributed by atoms with Gasteiger partial charge in [0.25, 0.3) is 0 Å². The number of H-pyrrole nitrogens is 1. The molecule has 1 aromatic heterocycles. The molecule has 0 unspecified atom stereocenters. The third kappa shape index (κ3) is 2.74. The molecule has 0 atom stereocenters. The van der Waals surface area contributed by atoms with Gasteiger partial charge in [0.05, 0.1) is 0 Å². The molecule has 0 saturated heterocycles. The van der Waals surface area contributed by atoms with Crippen LogP contribution in [-0.2, 0) is 6.42 Å². The average Bonchev–Trinajstić information content (AvgIpc) is 3.41. The minimum atomic E-state index is 0.652. The first kappa shape index (κ1) is 13.4. The fourth-order valence-corrected chi connectivity index (χ4v) is 3.71. The summed E-state index contributed by atoms with van der Waals surface area (Å²) in [6.07, 6.45) is 9.53. The van der Waals surface area contributed by atoms with Crippen LogP contribution in [-0.4, -0.2) is 18.6 Å². The Morgan fingerprint density at radius 1 is 1.24 bits per heavy atom. The van der Waals surface area contributed by atoms with Crippen molar-refractivity contribution in [1.29, 1.82) is 0 Å². The lowest BCUT2D eigenvalue weighted by atomic mass is 9.95. The summed E-state index contributed by atoms with van der Waals surface area (Å²) >= 11 is 0. The first-order valence-electron chi connectivity index (χ1n) is 8.55. The van der Waals surface area contributed by atoms with Gasteiger partial charge in [0, 0.05) is 16.6 Å². The Bertz CT molecular complexity index is 632. The van der Waals surface area contributed by atoms with Crippen LogP contribution >= 0.6 is 0 Å². The van der Waals surface area contributed by atoms with Crippen LogP contribution in [0.5, 0.6) is 0 Å². The smallest absolute Gasteiger partial charge is 0.0458 e. The van der Waals surface area contributed by atoms with Gasteiger partial charge in [0.15, 0.2) is 0 Å².